The van der Waals surface area contributed by atoms with Gasteiger partial charge >= 0.3 is 6.09 Å². The summed E-state index contributed by atoms with van der Waals surface area (Å²) in [6.45, 7) is 5.60. The van der Waals surface area contributed by atoms with Crippen molar-refractivity contribution in [2.75, 3.05) is 37.7 Å². The summed E-state index contributed by atoms with van der Waals surface area (Å²) in [4.78, 5) is 15.9. The summed E-state index contributed by atoms with van der Waals surface area (Å²) in [5.41, 5.74) is 4.65. The lowest BCUT2D eigenvalue weighted by Crippen LogP contribution is -2.39. The predicted molar refractivity (Wildman–Crippen MR) is 111 cm³/mol. The van der Waals surface area contributed by atoms with E-state index < -0.39 is 6.10 Å². The maximum atomic E-state index is 11.9. The molecule has 2 aliphatic rings. The summed E-state index contributed by atoms with van der Waals surface area (Å²) in [7, 11) is 0. The first-order valence-electron chi connectivity index (χ1n) is 10.3. The molecule has 6 heteroatoms. The highest BCUT2D eigenvalue weighted by atomic mass is 16.6. The number of cyclic esters (lactones) is 1. The molecule has 2 aliphatic heterocycles. The first-order valence-corrected chi connectivity index (χ1v) is 10.3. The van der Waals surface area contributed by atoms with E-state index in [1.54, 1.807) is 4.90 Å². The lowest BCUT2D eigenvalue weighted by molar-refractivity contribution is 0.0638. The largest absolute Gasteiger partial charge is 0.491 e. The number of β-amino-alcohol motifs (C(OH)–C–C–N with tert-alkyl or cyclic N) is 1. The van der Waals surface area contributed by atoms with Crippen molar-refractivity contribution < 1.29 is 19.4 Å². The van der Waals surface area contributed by atoms with E-state index in [4.69, 9.17) is 9.47 Å². The van der Waals surface area contributed by atoms with E-state index in [9.17, 15) is 9.90 Å². The van der Waals surface area contributed by atoms with Crippen LogP contribution >= 0.6 is 0 Å². The molecule has 1 unspecified atom stereocenters. The highest BCUT2D eigenvalue weighted by Crippen LogP contribution is 2.30. The SMILES string of the molecule is CCc1ccc(OCC(O)CN2CCc3c(cccc3N3CCOC3=O)C2)cc1. The summed E-state index contributed by atoms with van der Waals surface area (Å²) in [5, 5.41) is 10.4. The van der Waals surface area contributed by atoms with Gasteiger partial charge in [0.2, 0.25) is 0 Å². The van der Waals surface area contributed by atoms with Gasteiger partial charge in [0.15, 0.2) is 0 Å². The topological polar surface area (TPSA) is 62.2 Å². The van der Waals surface area contributed by atoms with Crippen LogP contribution in [0.2, 0.25) is 0 Å². The summed E-state index contributed by atoms with van der Waals surface area (Å²) < 4.78 is 10.8. The molecule has 2 aromatic rings. The van der Waals surface area contributed by atoms with Gasteiger partial charge in [0.1, 0.15) is 25.1 Å². The number of carbonyl (C=O) groups excluding carboxylic acids is 1. The maximum Gasteiger partial charge on any atom is 0.414 e. The fraction of sp³-hybridized carbons (Fsp3) is 0.435. The first-order chi connectivity index (χ1) is 14.1. The van der Waals surface area contributed by atoms with Crippen LogP contribution in [0.1, 0.15) is 23.6 Å². The standard InChI is InChI=1S/C23H28N2O4/c1-2-17-6-8-20(9-7-17)29-16-19(26)15-24-11-10-21-18(14-24)4-3-5-22(21)25-12-13-28-23(25)27/h3-9,19,26H,2,10-16H2,1H3. The molecule has 29 heavy (non-hydrogen) atoms. The van der Waals surface area contributed by atoms with Crippen LogP contribution in [0.5, 0.6) is 5.75 Å². The molecule has 0 bridgehead atoms. The third-order valence-corrected chi connectivity index (χ3v) is 5.61. The quantitative estimate of drug-likeness (QED) is 0.780. The molecule has 2 heterocycles. The van der Waals surface area contributed by atoms with Crippen molar-refractivity contribution in [3.05, 3.63) is 59.2 Å². The molecule has 1 fully saturated rings. The number of nitrogens with zero attached hydrogens (tertiary/aromatic N) is 2. The molecule has 1 amide bonds. The van der Waals surface area contributed by atoms with E-state index in [1.807, 2.05) is 24.3 Å². The summed E-state index contributed by atoms with van der Waals surface area (Å²) in [6, 6.07) is 14.1. The second kappa shape index (κ2) is 8.84. The van der Waals surface area contributed by atoms with E-state index in [0.717, 1.165) is 37.4 Å². The smallest absolute Gasteiger partial charge is 0.414 e. The number of ether oxygens (including phenoxy) is 2. The van der Waals surface area contributed by atoms with Crippen molar-refractivity contribution in [2.45, 2.75) is 32.4 Å². The van der Waals surface area contributed by atoms with E-state index in [1.165, 1.54) is 16.7 Å². The van der Waals surface area contributed by atoms with E-state index in [-0.39, 0.29) is 12.7 Å². The number of rotatable bonds is 7. The Morgan fingerprint density at radius 3 is 2.72 bits per heavy atom. The zero-order valence-electron chi connectivity index (χ0n) is 16.8. The van der Waals surface area contributed by atoms with Crippen LogP contribution in [-0.2, 0) is 24.1 Å². The zero-order valence-corrected chi connectivity index (χ0v) is 16.8. The number of benzene rings is 2. The Morgan fingerprint density at radius 1 is 1.17 bits per heavy atom. The van der Waals surface area contributed by atoms with Gasteiger partial charge in [-0.3, -0.25) is 9.80 Å². The fourth-order valence-corrected chi connectivity index (χ4v) is 4.03. The normalized spacial score (nSPS) is 17.7. The number of aliphatic hydroxyl groups excluding tert-OH is 1. The Balaban J connectivity index is 1.33. The summed E-state index contributed by atoms with van der Waals surface area (Å²) >= 11 is 0. The Morgan fingerprint density at radius 2 is 2.00 bits per heavy atom. The third-order valence-electron chi connectivity index (χ3n) is 5.61. The lowest BCUT2D eigenvalue weighted by atomic mass is 9.97. The monoisotopic (exact) mass is 396 g/mol. The number of hydrogen-bond acceptors (Lipinski definition) is 5. The molecule has 1 saturated heterocycles. The molecular formula is C23H28N2O4. The van der Waals surface area contributed by atoms with E-state index in [0.29, 0.717) is 19.7 Å². The minimum atomic E-state index is -0.556. The molecule has 0 radical (unpaired) electrons. The summed E-state index contributed by atoms with van der Waals surface area (Å²) in [6.07, 6.45) is 1.03. The van der Waals surface area contributed by atoms with Gasteiger partial charge in [0.05, 0.1) is 12.2 Å². The number of aryl methyl sites for hydroxylation is 1. The number of carbonyl (C=O) groups is 1. The van der Waals surface area contributed by atoms with Gasteiger partial charge in [0.25, 0.3) is 0 Å². The lowest BCUT2D eigenvalue weighted by Gasteiger charge is -2.32. The third kappa shape index (κ3) is 4.54. The van der Waals surface area contributed by atoms with Crippen LogP contribution in [-0.4, -0.2) is 55.1 Å². The predicted octanol–water partition coefficient (Wildman–Crippen LogP) is 3.00. The van der Waals surface area contributed by atoms with Crippen molar-refractivity contribution in [2.24, 2.45) is 0 Å². The van der Waals surface area contributed by atoms with Gasteiger partial charge in [-0.05, 0) is 47.7 Å². The molecule has 1 N–H and O–H groups in total. The van der Waals surface area contributed by atoms with E-state index in [2.05, 4.69) is 30.0 Å². The second-order valence-electron chi connectivity index (χ2n) is 7.63. The second-order valence-corrected chi connectivity index (χ2v) is 7.63. The van der Waals surface area contributed by atoms with Crippen LogP contribution in [0.4, 0.5) is 10.5 Å². The van der Waals surface area contributed by atoms with Crippen molar-refractivity contribution >= 4 is 11.8 Å². The average molecular weight is 396 g/mol. The minimum absolute atomic E-state index is 0.264. The number of hydrogen-bond donors (Lipinski definition) is 1. The van der Waals surface area contributed by atoms with E-state index >= 15 is 0 Å². The molecule has 0 spiro atoms. The van der Waals surface area contributed by atoms with Crippen LogP contribution in [0, 0.1) is 0 Å². The molecule has 0 aromatic heterocycles. The van der Waals surface area contributed by atoms with Gasteiger partial charge in [-0.25, -0.2) is 4.79 Å². The summed E-state index contributed by atoms with van der Waals surface area (Å²) in [5.74, 6) is 0.785. The number of anilines is 1. The number of fused-ring (bicyclic) bond motifs is 1. The maximum absolute atomic E-state index is 11.9. The molecule has 4 rings (SSSR count). The Labute approximate surface area is 171 Å². The van der Waals surface area contributed by atoms with Crippen molar-refractivity contribution in [3.8, 4) is 5.75 Å². The molecule has 6 nitrogen and oxygen atoms in total. The highest BCUT2D eigenvalue weighted by molar-refractivity contribution is 5.90. The Kier molecular flexibility index (Phi) is 6.02. The molecule has 1 atom stereocenters. The average Bonchev–Trinajstić information content (AvgIpc) is 3.17. The number of aliphatic hydroxyl groups is 1. The van der Waals surface area contributed by atoms with Gasteiger partial charge in [-0.1, -0.05) is 31.2 Å². The zero-order chi connectivity index (χ0) is 20.2. The van der Waals surface area contributed by atoms with Crippen LogP contribution in [0.3, 0.4) is 0 Å². The van der Waals surface area contributed by atoms with Crippen LogP contribution in [0.25, 0.3) is 0 Å². The minimum Gasteiger partial charge on any atom is -0.491 e. The van der Waals surface area contributed by atoms with Crippen molar-refractivity contribution in [3.63, 3.8) is 0 Å². The van der Waals surface area contributed by atoms with Gasteiger partial charge in [-0.15, -0.1) is 0 Å². The molecular weight excluding hydrogens is 368 g/mol. The highest BCUT2D eigenvalue weighted by Gasteiger charge is 2.28. The van der Waals surface area contributed by atoms with Crippen molar-refractivity contribution in [1.29, 1.82) is 0 Å². The Bertz CT molecular complexity index is 852. The van der Waals surface area contributed by atoms with Crippen LogP contribution in [0.15, 0.2) is 42.5 Å². The van der Waals surface area contributed by atoms with Gasteiger partial charge in [-0.2, -0.15) is 0 Å². The van der Waals surface area contributed by atoms with Gasteiger partial charge < -0.3 is 14.6 Å². The van der Waals surface area contributed by atoms with Crippen molar-refractivity contribution in [1.82, 2.24) is 4.90 Å². The molecule has 2 aromatic carbocycles. The fourth-order valence-electron chi connectivity index (χ4n) is 4.03. The first kappa shape index (κ1) is 19.7. The van der Waals surface area contributed by atoms with Gasteiger partial charge in [0, 0.05) is 19.6 Å². The molecule has 0 saturated carbocycles. The molecule has 0 aliphatic carbocycles. The Hall–Kier alpha value is -2.57. The number of amides is 1. The van der Waals surface area contributed by atoms with Crippen LogP contribution < -0.4 is 9.64 Å². The molecule has 154 valence electrons.